The van der Waals surface area contributed by atoms with Gasteiger partial charge in [0.05, 0.1) is 6.61 Å². The molecule has 0 amide bonds. The van der Waals surface area contributed by atoms with Crippen LogP contribution in [0.4, 0.5) is 0 Å². The van der Waals surface area contributed by atoms with Crippen LogP contribution in [0, 0.1) is 0 Å². The van der Waals surface area contributed by atoms with Gasteiger partial charge in [-0.2, -0.15) is 0 Å². The smallest absolute Gasteiger partial charge is 0.250 e. The van der Waals surface area contributed by atoms with Gasteiger partial charge >= 0.3 is 0 Å². The Morgan fingerprint density at radius 2 is 2.17 bits per heavy atom. The summed E-state index contributed by atoms with van der Waals surface area (Å²) >= 11 is 1.13. The van der Waals surface area contributed by atoms with Gasteiger partial charge in [-0.1, -0.05) is 0 Å². The van der Waals surface area contributed by atoms with E-state index in [1.165, 1.54) is 6.07 Å². The van der Waals surface area contributed by atoms with E-state index in [2.05, 4.69) is 4.72 Å². The number of nitrogens with zero attached hydrogens (tertiary/aromatic N) is 1. The molecule has 1 unspecified atom stereocenters. The highest BCUT2D eigenvalue weighted by atomic mass is 32.2. The fourth-order valence-electron chi connectivity index (χ4n) is 1.41. The third-order valence-electron chi connectivity index (χ3n) is 2.44. The van der Waals surface area contributed by atoms with Gasteiger partial charge in [0, 0.05) is 6.04 Å². The first-order chi connectivity index (χ1) is 8.35. The lowest BCUT2D eigenvalue weighted by Gasteiger charge is -2.16. The van der Waals surface area contributed by atoms with Gasteiger partial charge in [0.2, 0.25) is 10.0 Å². The molecule has 7 heteroatoms. The highest BCUT2D eigenvalue weighted by Gasteiger charge is 2.19. The van der Waals surface area contributed by atoms with Crippen LogP contribution in [-0.2, 0) is 16.6 Å². The minimum absolute atomic E-state index is 0.114. The van der Waals surface area contributed by atoms with Crippen molar-refractivity contribution in [3.63, 3.8) is 0 Å². The predicted octanol–water partition coefficient (Wildman–Crippen LogP) is 0.859. The topological polar surface area (TPSA) is 69.6 Å². The van der Waals surface area contributed by atoms with E-state index in [0.717, 1.165) is 24.3 Å². The van der Waals surface area contributed by atoms with Gasteiger partial charge in [-0.25, -0.2) is 13.1 Å². The Hall–Kier alpha value is -0.470. The molecule has 1 aromatic rings. The van der Waals surface area contributed by atoms with Crippen molar-refractivity contribution in [2.45, 2.75) is 30.2 Å². The van der Waals surface area contributed by atoms with Crippen molar-refractivity contribution in [1.29, 1.82) is 0 Å². The maximum atomic E-state index is 12.0. The Morgan fingerprint density at radius 1 is 1.50 bits per heavy atom. The summed E-state index contributed by atoms with van der Waals surface area (Å²) in [5.41, 5.74) is 0.626. The van der Waals surface area contributed by atoms with Crippen LogP contribution in [0.2, 0.25) is 0 Å². The molecule has 0 aliphatic heterocycles. The number of aliphatic hydroxyl groups excluding tert-OH is 1. The Kier molecular flexibility index (Phi) is 5.74. The van der Waals surface area contributed by atoms with E-state index in [4.69, 9.17) is 5.11 Å². The molecule has 1 rings (SSSR count). The van der Waals surface area contributed by atoms with Crippen LogP contribution in [0.1, 0.15) is 18.9 Å². The summed E-state index contributed by atoms with van der Waals surface area (Å²) < 4.78 is 26.9. The van der Waals surface area contributed by atoms with Crippen molar-refractivity contribution in [3.05, 3.63) is 17.0 Å². The van der Waals surface area contributed by atoms with Gasteiger partial charge in [-0.3, -0.25) is 0 Å². The molecule has 0 saturated heterocycles. The van der Waals surface area contributed by atoms with Gasteiger partial charge in [0.25, 0.3) is 0 Å². The second-order valence-electron chi connectivity index (χ2n) is 4.55. The zero-order valence-corrected chi connectivity index (χ0v) is 12.5. The van der Waals surface area contributed by atoms with Crippen molar-refractivity contribution in [1.82, 2.24) is 9.62 Å². The van der Waals surface area contributed by atoms with Crippen LogP contribution in [0.3, 0.4) is 0 Å². The van der Waals surface area contributed by atoms with Crippen LogP contribution >= 0.6 is 11.3 Å². The van der Waals surface area contributed by atoms with E-state index in [-0.39, 0.29) is 16.9 Å². The molecule has 104 valence electrons. The van der Waals surface area contributed by atoms with E-state index in [1.807, 2.05) is 25.9 Å². The summed E-state index contributed by atoms with van der Waals surface area (Å²) in [6.45, 7) is 2.54. The summed E-state index contributed by atoms with van der Waals surface area (Å²) in [6, 6.07) is 1.39. The summed E-state index contributed by atoms with van der Waals surface area (Å²) in [7, 11) is 0.447. The van der Waals surface area contributed by atoms with E-state index in [1.54, 1.807) is 5.38 Å². The molecule has 0 fully saturated rings. The number of nitrogens with one attached hydrogen (secondary N) is 1. The molecule has 0 radical (unpaired) electrons. The number of sulfonamides is 1. The molecule has 18 heavy (non-hydrogen) atoms. The average molecular weight is 292 g/mol. The van der Waals surface area contributed by atoms with Crippen LogP contribution in [0.15, 0.2) is 15.7 Å². The molecule has 2 N–H and O–H groups in total. The normalized spacial score (nSPS) is 14.1. The summed E-state index contributed by atoms with van der Waals surface area (Å²) in [5, 5.41) is 10.6. The molecule has 0 aromatic carbocycles. The van der Waals surface area contributed by atoms with Crippen LogP contribution in [0.5, 0.6) is 0 Å². The lowest BCUT2D eigenvalue weighted by atomic mass is 10.2. The Bertz CT molecular complexity index is 468. The van der Waals surface area contributed by atoms with Crippen molar-refractivity contribution < 1.29 is 13.5 Å². The Morgan fingerprint density at radius 3 is 2.67 bits per heavy atom. The number of hydrogen-bond donors (Lipinski definition) is 2. The summed E-state index contributed by atoms with van der Waals surface area (Å²) in [4.78, 5) is 2.01. The minimum atomic E-state index is -3.46. The average Bonchev–Trinajstić information content (AvgIpc) is 2.75. The molecule has 0 aliphatic carbocycles. The van der Waals surface area contributed by atoms with E-state index in [0.29, 0.717) is 5.56 Å². The first kappa shape index (κ1) is 15.6. The maximum absolute atomic E-state index is 12.0. The number of thiophene rings is 1. The molecule has 0 saturated carbocycles. The molecule has 0 spiro atoms. The molecular formula is C11H20N2O3S2. The Labute approximate surface area is 112 Å². The first-order valence-electron chi connectivity index (χ1n) is 5.70. The molecule has 0 aliphatic rings. The van der Waals surface area contributed by atoms with E-state index < -0.39 is 10.0 Å². The molecule has 0 bridgehead atoms. The van der Waals surface area contributed by atoms with Gasteiger partial charge < -0.3 is 10.0 Å². The SMILES string of the molecule is CC(CCN(C)C)NS(=O)(=O)c1cc(CO)cs1. The van der Waals surface area contributed by atoms with Crippen LogP contribution in [0.25, 0.3) is 0 Å². The van der Waals surface area contributed by atoms with Crippen LogP contribution in [-0.4, -0.2) is 45.1 Å². The molecule has 1 heterocycles. The van der Waals surface area contributed by atoms with E-state index >= 15 is 0 Å². The maximum Gasteiger partial charge on any atom is 0.250 e. The molecule has 1 atom stereocenters. The molecular weight excluding hydrogens is 272 g/mol. The highest BCUT2D eigenvalue weighted by Crippen LogP contribution is 2.20. The van der Waals surface area contributed by atoms with Crippen molar-refractivity contribution >= 4 is 21.4 Å². The summed E-state index contributed by atoms with van der Waals surface area (Å²) in [6.07, 6.45) is 0.754. The fraction of sp³-hybridized carbons (Fsp3) is 0.636. The monoisotopic (exact) mass is 292 g/mol. The first-order valence-corrected chi connectivity index (χ1v) is 8.06. The van der Waals surface area contributed by atoms with Crippen molar-refractivity contribution in [3.8, 4) is 0 Å². The lowest BCUT2D eigenvalue weighted by molar-refractivity contribution is 0.282. The van der Waals surface area contributed by atoms with Gasteiger partial charge in [-0.05, 0) is 51.0 Å². The lowest BCUT2D eigenvalue weighted by Crippen LogP contribution is -2.34. The number of aliphatic hydroxyl groups is 1. The third-order valence-corrected chi connectivity index (χ3v) is 5.52. The number of hydrogen-bond acceptors (Lipinski definition) is 5. The summed E-state index contributed by atoms with van der Waals surface area (Å²) in [5.74, 6) is 0. The second-order valence-corrected chi connectivity index (χ2v) is 7.40. The predicted molar refractivity (Wildman–Crippen MR) is 73.2 cm³/mol. The van der Waals surface area contributed by atoms with Crippen molar-refractivity contribution in [2.24, 2.45) is 0 Å². The molecule has 5 nitrogen and oxygen atoms in total. The minimum Gasteiger partial charge on any atom is -0.392 e. The van der Waals surface area contributed by atoms with Crippen molar-refractivity contribution in [2.75, 3.05) is 20.6 Å². The van der Waals surface area contributed by atoms with Gasteiger partial charge in [-0.15, -0.1) is 11.3 Å². The molecule has 1 aromatic heterocycles. The second kappa shape index (κ2) is 6.63. The van der Waals surface area contributed by atoms with Gasteiger partial charge in [0.15, 0.2) is 0 Å². The largest absolute Gasteiger partial charge is 0.392 e. The zero-order valence-electron chi connectivity index (χ0n) is 10.9. The number of rotatable bonds is 7. The third kappa shape index (κ3) is 4.66. The Balaban J connectivity index is 2.64. The standard InChI is InChI=1S/C11H20N2O3S2/c1-9(4-5-13(2)3)12-18(15,16)11-6-10(7-14)8-17-11/h6,8-9,12,14H,4-5,7H2,1-3H3. The fourth-order valence-corrected chi connectivity index (χ4v) is 3.91. The quantitative estimate of drug-likeness (QED) is 0.782. The van der Waals surface area contributed by atoms with E-state index in [9.17, 15) is 8.42 Å². The van der Waals surface area contributed by atoms with Crippen LogP contribution < -0.4 is 4.72 Å². The highest BCUT2D eigenvalue weighted by molar-refractivity contribution is 7.91. The zero-order chi connectivity index (χ0) is 13.8. The van der Waals surface area contributed by atoms with Gasteiger partial charge in [0.1, 0.15) is 4.21 Å².